The highest BCUT2D eigenvalue weighted by atomic mass is 35.5. The van der Waals surface area contributed by atoms with Gasteiger partial charge in [0.2, 0.25) is 5.91 Å². The normalized spacial score (nSPS) is 11.4. The molecule has 2 aromatic carbocycles. The number of nitrogens with zero attached hydrogens (tertiary/aromatic N) is 1. The predicted octanol–water partition coefficient (Wildman–Crippen LogP) is 5.06. The van der Waals surface area contributed by atoms with Crippen LogP contribution in [-0.2, 0) is 14.6 Å². The molecule has 0 atom stereocenters. The second kappa shape index (κ2) is 8.57. The van der Waals surface area contributed by atoms with Crippen LogP contribution < -0.4 is 5.32 Å². The largest absolute Gasteiger partial charge is 0.302 e. The molecule has 3 aromatic rings. The van der Waals surface area contributed by atoms with Crippen molar-refractivity contribution in [2.75, 3.05) is 11.1 Å². The first-order valence-corrected chi connectivity index (χ1v) is 11.2. The van der Waals surface area contributed by atoms with Gasteiger partial charge < -0.3 is 5.32 Å². The summed E-state index contributed by atoms with van der Waals surface area (Å²) in [6, 6.07) is 9.44. The summed E-state index contributed by atoms with van der Waals surface area (Å²) < 4.78 is 37.4. The molecule has 1 N–H and O–H groups in total. The number of benzene rings is 2. The van der Waals surface area contributed by atoms with Crippen molar-refractivity contribution in [3.8, 4) is 11.3 Å². The first-order valence-electron chi connectivity index (χ1n) is 7.94. The van der Waals surface area contributed by atoms with E-state index in [4.69, 9.17) is 23.2 Å². The average Bonchev–Trinajstić information content (AvgIpc) is 3.11. The molecule has 0 aliphatic heterocycles. The molecular formula is C18H13Cl2FN2O3S2. The first-order chi connectivity index (χ1) is 13.2. The van der Waals surface area contributed by atoms with Gasteiger partial charge in [-0.1, -0.05) is 23.2 Å². The number of amides is 1. The van der Waals surface area contributed by atoms with Crippen molar-refractivity contribution >= 4 is 55.4 Å². The zero-order valence-electron chi connectivity index (χ0n) is 14.2. The molecule has 0 aliphatic carbocycles. The van der Waals surface area contributed by atoms with Gasteiger partial charge in [-0.15, -0.1) is 11.3 Å². The highest BCUT2D eigenvalue weighted by Gasteiger charge is 2.17. The van der Waals surface area contributed by atoms with Gasteiger partial charge in [0.05, 0.1) is 21.4 Å². The van der Waals surface area contributed by atoms with Gasteiger partial charge in [0.1, 0.15) is 5.82 Å². The van der Waals surface area contributed by atoms with E-state index in [-0.39, 0.29) is 11.3 Å². The number of rotatable bonds is 6. The molecule has 3 rings (SSSR count). The van der Waals surface area contributed by atoms with E-state index in [0.717, 1.165) is 12.1 Å². The Morgan fingerprint density at radius 3 is 2.57 bits per heavy atom. The second-order valence-corrected chi connectivity index (χ2v) is 9.54. The van der Waals surface area contributed by atoms with E-state index in [1.807, 2.05) is 0 Å². The third kappa shape index (κ3) is 5.08. The fourth-order valence-electron chi connectivity index (χ4n) is 2.32. The lowest BCUT2D eigenvalue weighted by Crippen LogP contribution is -2.17. The Labute approximate surface area is 175 Å². The van der Waals surface area contributed by atoms with Crippen LogP contribution in [0.5, 0.6) is 0 Å². The summed E-state index contributed by atoms with van der Waals surface area (Å²) >= 11 is 13.3. The minimum absolute atomic E-state index is 0.0335. The molecule has 0 unspecified atom stereocenters. The number of aromatic nitrogens is 1. The molecule has 0 fully saturated rings. The Hall–Kier alpha value is -2.00. The van der Waals surface area contributed by atoms with Gasteiger partial charge in [0.15, 0.2) is 15.0 Å². The molecule has 1 aromatic heterocycles. The van der Waals surface area contributed by atoms with Crippen LogP contribution in [0.4, 0.5) is 9.52 Å². The highest BCUT2D eigenvalue weighted by Crippen LogP contribution is 2.32. The third-order valence-electron chi connectivity index (χ3n) is 3.73. The maximum atomic E-state index is 12.9. The van der Waals surface area contributed by atoms with Crippen molar-refractivity contribution in [2.24, 2.45) is 0 Å². The Morgan fingerprint density at radius 2 is 1.86 bits per heavy atom. The number of anilines is 1. The topological polar surface area (TPSA) is 76.1 Å². The maximum absolute atomic E-state index is 12.9. The standard InChI is InChI=1S/C18H13Cl2FN2O3S2/c19-11-1-6-15(20)14(9-11)16-10-27-18(22-16)23-17(24)7-8-28(25,26)13-4-2-12(21)3-5-13/h1-6,9-10H,7-8H2,(H,22,23,24). The summed E-state index contributed by atoms with van der Waals surface area (Å²) in [5.74, 6) is -1.43. The SMILES string of the molecule is O=C(CCS(=O)(=O)c1ccc(F)cc1)Nc1nc(-c2cc(Cl)ccc2Cl)cs1. The molecule has 0 spiro atoms. The number of thiazole rings is 1. The summed E-state index contributed by atoms with van der Waals surface area (Å²) in [7, 11) is -3.69. The van der Waals surface area contributed by atoms with Gasteiger partial charge in [-0.2, -0.15) is 0 Å². The number of sulfone groups is 1. The number of halogens is 3. The molecule has 5 nitrogen and oxygen atoms in total. The van der Waals surface area contributed by atoms with Crippen LogP contribution in [0.1, 0.15) is 6.42 Å². The lowest BCUT2D eigenvalue weighted by atomic mass is 10.2. The summed E-state index contributed by atoms with van der Waals surface area (Å²) in [5.41, 5.74) is 1.18. The number of hydrogen-bond donors (Lipinski definition) is 1. The zero-order valence-corrected chi connectivity index (χ0v) is 17.3. The smallest absolute Gasteiger partial charge is 0.227 e. The van der Waals surface area contributed by atoms with Gasteiger partial charge in [-0.05, 0) is 42.5 Å². The molecule has 10 heteroatoms. The van der Waals surface area contributed by atoms with E-state index in [1.54, 1.807) is 23.6 Å². The van der Waals surface area contributed by atoms with Gasteiger partial charge in [0.25, 0.3) is 0 Å². The summed E-state index contributed by atoms with van der Waals surface area (Å²) in [6.45, 7) is 0. The number of nitrogens with one attached hydrogen (secondary N) is 1. The predicted molar refractivity (Wildman–Crippen MR) is 109 cm³/mol. The van der Waals surface area contributed by atoms with Crippen LogP contribution in [0.2, 0.25) is 10.0 Å². The second-order valence-electron chi connectivity index (χ2n) is 5.73. The van der Waals surface area contributed by atoms with Crippen LogP contribution in [0.25, 0.3) is 11.3 Å². The quantitative estimate of drug-likeness (QED) is 0.523. The molecule has 0 aliphatic rings. The van der Waals surface area contributed by atoms with E-state index < -0.39 is 27.3 Å². The monoisotopic (exact) mass is 458 g/mol. The number of hydrogen-bond acceptors (Lipinski definition) is 5. The Kier molecular flexibility index (Phi) is 6.34. The van der Waals surface area contributed by atoms with Crippen LogP contribution in [0, 0.1) is 5.82 Å². The van der Waals surface area contributed by atoms with E-state index >= 15 is 0 Å². The minimum Gasteiger partial charge on any atom is -0.302 e. The van der Waals surface area contributed by atoms with E-state index in [9.17, 15) is 17.6 Å². The molecular weight excluding hydrogens is 446 g/mol. The first kappa shape index (κ1) is 20.7. The highest BCUT2D eigenvalue weighted by molar-refractivity contribution is 7.91. The zero-order chi connectivity index (χ0) is 20.3. The maximum Gasteiger partial charge on any atom is 0.227 e. The van der Waals surface area contributed by atoms with Crippen molar-refractivity contribution in [2.45, 2.75) is 11.3 Å². The van der Waals surface area contributed by atoms with E-state index in [1.165, 1.54) is 23.5 Å². The van der Waals surface area contributed by atoms with Crippen LogP contribution in [0.15, 0.2) is 52.7 Å². The molecule has 0 radical (unpaired) electrons. The molecule has 0 saturated heterocycles. The Morgan fingerprint density at radius 1 is 1.14 bits per heavy atom. The number of carbonyl (C=O) groups excluding carboxylic acids is 1. The average molecular weight is 459 g/mol. The van der Waals surface area contributed by atoms with Crippen molar-refractivity contribution in [3.63, 3.8) is 0 Å². The minimum atomic E-state index is -3.69. The van der Waals surface area contributed by atoms with Crippen molar-refractivity contribution in [1.29, 1.82) is 0 Å². The fourth-order valence-corrected chi connectivity index (χ4v) is 4.67. The Bertz CT molecular complexity index is 1120. The van der Waals surface area contributed by atoms with Gasteiger partial charge in [-0.25, -0.2) is 17.8 Å². The molecule has 0 saturated carbocycles. The summed E-state index contributed by atoms with van der Waals surface area (Å²) in [4.78, 5) is 16.3. The van der Waals surface area contributed by atoms with E-state index in [2.05, 4.69) is 10.3 Å². The van der Waals surface area contributed by atoms with Gasteiger partial charge in [-0.3, -0.25) is 4.79 Å². The van der Waals surface area contributed by atoms with Crippen molar-refractivity contribution in [1.82, 2.24) is 4.98 Å². The van der Waals surface area contributed by atoms with Crippen LogP contribution in [0.3, 0.4) is 0 Å². The van der Waals surface area contributed by atoms with Crippen molar-refractivity contribution in [3.05, 3.63) is 63.7 Å². The molecule has 0 bridgehead atoms. The van der Waals surface area contributed by atoms with Gasteiger partial charge in [0, 0.05) is 22.4 Å². The molecule has 1 amide bonds. The van der Waals surface area contributed by atoms with E-state index in [0.29, 0.717) is 26.4 Å². The summed E-state index contributed by atoms with van der Waals surface area (Å²) in [6.07, 6.45) is -0.257. The summed E-state index contributed by atoms with van der Waals surface area (Å²) in [5, 5.41) is 5.57. The molecule has 146 valence electrons. The van der Waals surface area contributed by atoms with Crippen LogP contribution >= 0.6 is 34.5 Å². The third-order valence-corrected chi connectivity index (χ3v) is 6.78. The lowest BCUT2D eigenvalue weighted by Gasteiger charge is -2.05. The van der Waals surface area contributed by atoms with Crippen LogP contribution in [-0.4, -0.2) is 25.1 Å². The lowest BCUT2D eigenvalue weighted by molar-refractivity contribution is -0.115. The molecule has 1 heterocycles. The van der Waals surface area contributed by atoms with Gasteiger partial charge >= 0.3 is 0 Å². The molecule has 28 heavy (non-hydrogen) atoms. The number of carbonyl (C=O) groups is 1. The Balaban J connectivity index is 1.63. The fraction of sp³-hybridized carbons (Fsp3) is 0.111. The van der Waals surface area contributed by atoms with Crippen molar-refractivity contribution < 1.29 is 17.6 Å².